The Labute approximate surface area is 109 Å². The van der Waals surface area contributed by atoms with Crippen LogP contribution in [0.4, 0.5) is 18.9 Å². The average Bonchev–Trinajstić information content (AvgIpc) is 2.24. The van der Waals surface area contributed by atoms with E-state index in [0.717, 1.165) is 12.1 Å². The maximum absolute atomic E-state index is 12.3. The molecule has 0 radical (unpaired) electrons. The quantitative estimate of drug-likeness (QED) is 0.894. The molecule has 108 valence electrons. The number of sulfone groups is 1. The third-order valence-electron chi connectivity index (χ3n) is 2.19. The minimum Gasteiger partial charge on any atom is -0.389 e. The van der Waals surface area contributed by atoms with E-state index in [2.05, 4.69) is 5.32 Å². The molecule has 0 unspecified atom stereocenters. The van der Waals surface area contributed by atoms with Crippen LogP contribution in [-0.4, -0.2) is 31.2 Å². The molecule has 0 fully saturated rings. The van der Waals surface area contributed by atoms with Gasteiger partial charge in [-0.25, -0.2) is 8.42 Å². The Bertz CT molecular complexity index is 530. The third-order valence-corrected chi connectivity index (χ3v) is 3.70. The molecular formula is C11H14F3NO3S. The summed E-state index contributed by atoms with van der Waals surface area (Å²) < 4.78 is 59.1. The van der Waals surface area contributed by atoms with Crippen molar-refractivity contribution in [2.45, 2.75) is 29.9 Å². The van der Waals surface area contributed by atoms with Gasteiger partial charge in [0.15, 0.2) is 0 Å². The van der Waals surface area contributed by atoms with Crippen LogP contribution in [0.3, 0.4) is 0 Å². The summed E-state index contributed by atoms with van der Waals surface area (Å²) in [6, 6.07) is 4.17. The largest absolute Gasteiger partial charge is 0.501 e. The van der Waals surface area contributed by atoms with Crippen LogP contribution in [0.5, 0.6) is 0 Å². The van der Waals surface area contributed by atoms with Crippen molar-refractivity contribution in [3.63, 3.8) is 0 Å². The molecular weight excluding hydrogens is 283 g/mol. The molecule has 0 aromatic heterocycles. The molecule has 8 heteroatoms. The van der Waals surface area contributed by atoms with Crippen LogP contribution in [0.2, 0.25) is 0 Å². The summed E-state index contributed by atoms with van der Waals surface area (Å²) in [5.41, 5.74) is -5.88. The fourth-order valence-corrected chi connectivity index (χ4v) is 1.97. The Morgan fingerprint density at radius 3 is 2.00 bits per heavy atom. The number of benzene rings is 1. The molecule has 2 N–H and O–H groups in total. The van der Waals surface area contributed by atoms with E-state index in [1.165, 1.54) is 12.1 Å². The van der Waals surface area contributed by atoms with Crippen molar-refractivity contribution >= 4 is 15.5 Å². The van der Waals surface area contributed by atoms with E-state index in [4.69, 9.17) is 0 Å². The van der Waals surface area contributed by atoms with Crippen molar-refractivity contribution < 1.29 is 26.7 Å². The molecule has 1 aromatic rings. The fraction of sp³-hybridized carbons (Fsp3) is 0.455. The molecule has 0 aliphatic carbocycles. The van der Waals surface area contributed by atoms with Gasteiger partial charge in [-0.05, 0) is 38.1 Å². The highest BCUT2D eigenvalue weighted by atomic mass is 32.2. The van der Waals surface area contributed by atoms with Crippen LogP contribution < -0.4 is 5.32 Å². The van der Waals surface area contributed by atoms with Crippen molar-refractivity contribution in [3.05, 3.63) is 24.3 Å². The molecule has 4 nitrogen and oxygen atoms in total. The number of nitrogens with one attached hydrogen (secondary N) is 1. The predicted molar refractivity (Wildman–Crippen MR) is 64.5 cm³/mol. The number of hydrogen-bond donors (Lipinski definition) is 2. The molecule has 1 aromatic carbocycles. The zero-order valence-electron chi connectivity index (χ0n) is 10.3. The van der Waals surface area contributed by atoms with E-state index < -0.39 is 25.8 Å². The Morgan fingerprint density at radius 2 is 1.63 bits per heavy atom. The topological polar surface area (TPSA) is 66.4 Å². The van der Waals surface area contributed by atoms with E-state index in [-0.39, 0.29) is 6.54 Å². The number of alkyl halides is 3. The summed E-state index contributed by atoms with van der Waals surface area (Å²) in [4.78, 5) is -0.811. The molecule has 0 aliphatic heterocycles. The lowest BCUT2D eigenvalue weighted by Crippen LogP contribution is -2.29. The highest BCUT2D eigenvalue weighted by molar-refractivity contribution is 7.92. The Hall–Kier alpha value is -1.28. The van der Waals surface area contributed by atoms with Gasteiger partial charge in [-0.2, -0.15) is 13.2 Å². The second-order valence-electron chi connectivity index (χ2n) is 4.64. The zero-order valence-corrected chi connectivity index (χ0v) is 11.1. The van der Waals surface area contributed by atoms with Crippen molar-refractivity contribution in [1.82, 2.24) is 0 Å². The molecule has 0 saturated carbocycles. The Morgan fingerprint density at radius 1 is 1.16 bits per heavy atom. The SMILES string of the molecule is CC(C)(O)CNc1ccc(S(=O)(=O)C(F)(F)F)cc1. The minimum atomic E-state index is -5.31. The van der Waals surface area contributed by atoms with Gasteiger partial charge >= 0.3 is 5.51 Å². The normalized spacial score (nSPS) is 13.4. The molecule has 0 saturated heterocycles. The number of aliphatic hydroxyl groups is 1. The standard InChI is InChI=1S/C11H14F3NO3S/c1-10(2,16)7-15-8-3-5-9(6-4-8)19(17,18)11(12,13)14/h3-6,15-16H,7H2,1-2H3. The Balaban J connectivity index is 2.89. The summed E-state index contributed by atoms with van der Waals surface area (Å²) in [6.45, 7) is 3.29. The van der Waals surface area contributed by atoms with Crippen LogP contribution in [0, 0.1) is 0 Å². The average molecular weight is 297 g/mol. The first-order valence-electron chi connectivity index (χ1n) is 5.31. The lowest BCUT2D eigenvalue weighted by molar-refractivity contribution is -0.0436. The van der Waals surface area contributed by atoms with E-state index in [0.29, 0.717) is 5.69 Å². The molecule has 0 bridgehead atoms. The fourth-order valence-electron chi connectivity index (χ4n) is 1.20. The summed E-state index contributed by atoms with van der Waals surface area (Å²) in [6.07, 6.45) is 0. The zero-order chi connectivity index (χ0) is 14.9. The van der Waals surface area contributed by atoms with Crippen LogP contribution >= 0.6 is 0 Å². The van der Waals surface area contributed by atoms with E-state index in [1.807, 2.05) is 0 Å². The summed E-state index contributed by atoms with van der Waals surface area (Å²) >= 11 is 0. The molecule has 0 atom stereocenters. The monoisotopic (exact) mass is 297 g/mol. The first kappa shape index (κ1) is 15.8. The van der Waals surface area contributed by atoms with Crippen molar-refractivity contribution in [2.75, 3.05) is 11.9 Å². The third kappa shape index (κ3) is 4.10. The van der Waals surface area contributed by atoms with Crippen LogP contribution in [0.15, 0.2) is 29.2 Å². The predicted octanol–water partition coefficient (Wildman–Crippen LogP) is 2.16. The lowest BCUT2D eigenvalue weighted by Gasteiger charge is -2.18. The van der Waals surface area contributed by atoms with Gasteiger partial charge in [0.2, 0.25) is 0 Å². The van der Waals surface area contributed by atoms with Crippen LogP contribution in [0.25, 0.3) is 0 Å². The van der Waals surface area contributed by atoms with E-state index in [9.17, 15) is 26.7 Å². The van der Waals surface area contributed by atoms with Gasteiger partial charge in [0, 0.05) is 12.2 Å². The second kappa shape index (κ2) is 5.01. The maximum Gasteiger partial charge on any atom is 0.501 e. The molecule has 0 spiro atoms. The van der Waals surface area contributed by atoms with Gasteiger partial charge in [0.25, 0.3) is 9.84 Å². The molecule has 1 rings (SSSR count). The number of rotatable bonds is 4. The summed E-state index contributed by atoms with van der Waals surface area (Å²) in [5, 5.41) is 12.2. The number of halogens is 3. The van der Waals surface area contributed by atoms with Crippen molar-refractivity contribution in [2.24, 2.45) is 0 Å². The Kier molecular flexibility index (Phi) is 4.16. The van der Waals surface area contributed by atoms with Crippen molar-refractivity contribution in [3.8, 4) is 0 Å². The van der Waals surface area contributed by atoms with Gasteiger partial charge in [-0.3, -0.25) is 0 Å². The minimum absolute atomic E-state index is 0.179. The van der Waals surface area contributed by atoms with Gasteiger partial charge < -0.3 is 10.4 Å². The summed E-state index contributed by atoms with van der Waals surface area (Å²) in [7, 11) is -5.31. The van der Waals surface area contributed by atoms with Gasteiger partial charge in [0.1, 0.15) is 0 Å². The molecule has 19 heavy (non-hydrogen) atoms. The van der Waals surface area contributed by atoms with Gasteiger partial charge in [-0.15, -0.1) is 0 Å². The highest BCUT2D eigenvalue weighted by Crippen LogP contribution is 2.30. The maximum atomic E-state index is 12.3. The molecule has 0 amide bonds. The van der Waals surface area contributed by atoms with Crippen molar-refractivity contribution in [1.29, 1.82) is 0 Å². The van der Waals surface area contributed by atoms with Gasteiger partial charge in [-0.1, -0.05) is 0 Å². The number of hydrogen-bond acceptors (Lipinski definition) is 4. The lowest BCUT2D eigenvalue weighted by atomic mass is 10.1. The highest BCUT2D eigenvalue weighted by Gasteiger charge is 2.46. The van der Waals surface area contributed by atoms with Crippen LogP contribution in [0.1, 0.15) is 13.8 Å². The molecule has 0 aliphatic rings. The smallest absolute Gasteiger partial charge is 0.389 e. The number of anilines is 1. The van der Waals surface area contributed by atoms with Crippen LogP contribution in [-0.2, 0) is 9.84 Å². The first-order chi connectivity index (χ1) is 8.43. The van der Waals surface area contributed by atoms with E-state index in [1.54, 1.807) is 13.8 Å². The van der Waals surface area contributed by atoms with E-state index >= 15 is 0 Å². The van der Waals surface area contributed by atoms with Gasteiger partial charge in [0.05, 0.1) is 10.5 Å². The second-order valence-corrected chi connectivity index (χ2v) is 6.58. The molecule has 0 heterocycles. The first-order valence-corrected chi connectivity index (χ1v) is 6.79. The summed E-state index contributed by atoms with van der Waals surface area (Å²) in [5.74, 6) is 0.